The monoisotopic (exact) mass is 324 g/mol. The highest BCUT2D eigenvalue weighted by atomic mass is 16.3. The number of para-hydroxylation sites is 1. The molecule has 2 amide bonds. The van der Waals surface area contributed by atoms with E-state index in [0.717, 1.165) is 11.3 Å². The highest BCUT2D eigenvalue weighted by molar-refractivity contribution is 6.00. The van der Waals surface area contributed by atoms with Crippen LogP contribution in [0.4, 0.5) is 5.69 Å². The number of aliphatic hydroxyl groups is 1. The molecule has 3 rings (SSSR count). The van der Waals surface area contributed by atoms with Crippen molar-refractivity contribution in [2.45, 2.75) is 12.5 Å². The van der Waals surface area contributed by atoms with Gasteiger partial charge in [-0.05, 0) is 17.7 Å². The second kappa shape index (κ2) is 7.27. The molecule has 0 saturated carbocycles. The van der Waals surface area contributed by atoms with Crippen LogP contribution in [0.1, 0.15) is 18.1 Å². The number of nitrogens with zero attached hydrogens (tertiary/aromatic N) is 1. The quantitative estimate of drug-likeness (QED) is 0.882. The minimum absolute atomic E-state index is 0.0510. The number of anilines is 1. The van der Waals surface area contributed by atoms with E-state index in [1.807, 2.05) is 60.7 Å². The molecule has 24 heavy (non-hydrogen) atoms. The van der Waals surface area contributed by atoms with Crippen LogP contribution in [0.3, 0.4) is 0 Å². The number of hydrogen-bond donors (Lipinski definition) is 2. The zero-order valence-electron chi connectivity index (χ0n) is 13.3. The van der Waals surface area contributed by atoms with E-state index in [1.165, 1.54) is 0 Å². The summed E-state index contributed by atoms with van der Waals surface area (Å²) in [6.45, 7) is 0.509. The molecule has 1 heterocycles. The van der Waals surface area contributed by atoms with Crippen LogP contribution in [0.25, 0.3) is 0 Å². The molecule has 0 aliphatic carbocycles. The van der Waals surface area contributed by atoms with E-state index < -0.39 is 6.10 Å². The lowest BCUT2D eigenvalue weighted by atomic mass is 10.1. The van der Waals surface area contributed by atoms with E-state index in [0.29, 0.717) is 6.54 Å². The van der Waals surface area contributed by atoms with Crippen LogP contribution in [-0.4, -0.2) is 30.0 Å². The molecule has 2 aromatic carbocycles. The fraction of sp³-hybridized carbons (Fsp3) is 0.263. The Kier molecular flexibility index (Phi) is 4.91. The maximum atomic E-state index is 12.3. The van der Waals surface area contributed by atoms with Crippen molar-refractivity contribution in [3.8, 4) is 0 Å². The third-order valence-electron chi connectivity index (χ3n) is 4.22. The lowest BCUT2D eigenvalue weighted by Crippen LogP contribution is -2.35. The number of rotatable bonds is 5. The minimum Gasteiger partial charge on any atom is -0.387 e. The summed E-state index contributed by atoms with van der Waals surface area (Å²) >= 11 is 0. The molecule has 5 nitrogen and oxygen atoms in total. The number of carbonyl (C=O) groups excluding carboxylic acids is 2. The second-order valence-corrected chi connectivity index (χ2v) is 5.91. The Bertz CT molecular complexity index is 703. The fourth-order valence-electron chi connectivity index (χ4n) is 2.88. The molecule has 0 spiro atoms. The first-order chi connectivity index (χ1) is 11.6. The number of benzene rings is 2. The minimum atomic E-state index is -0.752. The van der Waals surface area contributed by atoms with Crippen LogP contribution < -0.4 is 10.2 Å². The third kappa shape index (κ3) is 3.63. The second-order valence-electron chi connectivity index (χ2n) is 5.91. The summed E-state index contributed by atoms with van der Waals surface area (Å²) < 4.78 is 0. The molecule has 1 aliphatic rings. The van der Waals surface area contributed by atoms with E-state index in [1.54, 1.807) is 4.90 Å². The Morgan fingerprint density at radius 3 is 2.42 bits per heavy atom. The zero-order chi connectivity index (χ0) is 16.9. The Morgan fingerprint density at radius 2 is 1.75 bits per heavy atom. The van der Waals surface area contributed by atoms with Gasteiger partial charge in [-0.1, -0.05) is 48.5 Å². The first-order valence-corrected chi connectivity index (χ1v) is 8.01. The van der Waals surface area contributed by atoms with Gasteiger partial charge < -0.3 is 15.3 Å². The Labute approximate surface area is 140 Å². The van der Waals surface area contributed by atoms with E-state index in [2.05, 4.69) is 5.32 Å². The van der Waals surface area contributed by atoms with Gasteiger partial charge in [0.1, 0.15) is 0 Å². The highest BCUT2D eigenvalue weighted by Gasteiger charge is 2.35. The number of carbonyl (C=O) groups is 2. The van der Waals surface area contributed by atoms with Crippen molar-refractivity contribution < 1.29 is 14.7 Å². The summed E-state index contributed by atoms with van der Waals surface area (Å²) in [6.07, 6.45) is -0.556. The highest BCUT2D eigenvalue weighted by Crippen LogP contribution is 2.25. The predicted molar refractivity (Wildman–Crippen MR) is 91.3 cm³/mol. The van der Waals surface area contributed by atoms with Gasteiger partial charge in [-0.3, -0.25) is 9.59 Å². The van der Waals surface area contributed by atoms with Gasteiger partial charge in [0.15, 0.2) is 0 Å². The van der Waals surface area contributed by atoms with Crippen LogP contribution in [-0.2, 0) is 9.59 Å². The van der Waals surface area contributed by atoms with Crippen molar-refractivity contribution in [1.29, 1.82) is 0 Å². The molecule has 124 valence electrons. The van der Waals surface area contributed by atoms with Crippen LogP contribution >= 0.6 is 0 Å². The summed E-state index contributed by atoms with van der Waals surface area (Å²) in [5, 5.41) is 12.8. The van der Waals surface area contributed by atoms with Crippen molar-refractivity contribution in [2.75, 3.05) is 18.0 Å². The molecule has 2 N–H and O–H groups in total. The van der Waals surface area contributed by atoms with E-state index in [4.69, 9.17) is 0 Å². The Hall–Kier alpha value is -2.66. The van der Waals surface area contributed by atoms with Crippen LogP contribution in [0.15, 0.2) is 60.7 Å². The van der Waals surface area contributed by atoms with Gasteiger partial charge >= 0.3 is 0 Å². The summed E-state index contributed by atoms with van der Waals surface area (Å²) in [6, 6.07) is 18.5. The molecule has 1 saturated heterocycles. The van der Waals surface area contributed by atoms with Gasteiger partial charge in [0, 0.05) is 25.2 Å². The first kappa shape index (κ1) is 16.2. The smallest absolute Gasteiger partial charge is 0.227 e. The lowest BCUT2D eigenvalue weighted by molar-refractivity contribution is -0.126. The normalized spacial score (nSPS) is 18.5. The van der Waals surface area contributed by atoms with Crippen molar-refractivity contribution in [2.24, 2.45) is 5.92 Å². The molecule has 1 aliphatic heterocycles. The molecule has 1 fully saturated rings. The van der Waals surface area contributed by atoms with E-state index >= 15 is 0 Å². The molecule has 2 aromatic rings. The summed E-state index contributed by atoms with van der Waals surface area (Å²) in [5.74, 6) is -0.637. The van der Waals surface area contributed by atoms with Crippen molar-refractivity contribution in [3.05, 3.63) is 66.2 Å². The zero-order valence-corrected chi connectivity index (χ0v) is 13.3. The average Bonchev–Trinajstić information content (AvgIpc) is 3.02. The number of hydrogen-bond acceptors (Lipinski definition) is 3. The summed E-state index contributed by atoms with van der Waals surface area (Å²) in [4.78, 5) is 26.1. The molecule has 0 unspecified atom stereocenters. The average molecular weight is 324 g/mol. The van der Waals surface area contributed by atoms with Gasteiger partial charge in [0.25, 0.3) is 0 Å². The lowest BCUT2D eigenvalue weighted by Gasteiger charge is -2.17. The Morgan fingerprint density at radius 1 is 1.12 bits per heavy atom. The van der Waals surface area contributed by atoms with Crippen LogP contribution in [0.5, 0.6) is 0 Å². The van der Waals surface area contributed by atoms with Crippen LogP contribution in [0.2, 0.25) is 0 Å². The molecule has 2 atom stereocenters. The van der Waals surface area contributed by atoms with E-state index in [-0.39, 0.29) is 30.7 Å². The summed E-state index contributed by atoms with van der Waals surface area (Å²) in [5.41, 5.74) is 1.56. The van der Waals surface area contributed by atoms with Crippen molar-refractivity contribution >= 4 is 17.5 Å². The first-order valence-electron chi connectivity index (χ1n) is 8.01. The van der Waals surface area contributed by atoms with Gasteiger partial charge in [-0.15, -0.1) is 0 Å². The SMILES string of the molecule is O=C(NC[C@H](O)c1ccccc1)[C@H]1CC(=O)N(c2ccccc2)C1. The molecule has 0 bridgehead atoms. The van der Waals surface area contributed by atoms with Crippen LogP contribution in [0, 0.1) is 5.92 Å². The predicted octanol–water partition coefficient (Wildman–Crippen LogP) is 1.89. The Balaban J connectivity index is 1.56. The van der Waals surface area contributed by atoms with Gasteiger partial charge in [-0.2, -0.15) is 0 Å². The topological polar surface area (TPSA) is 69.6 Å². The van der Waals surface area contributed by atoms with E-state index in [9.17, 15) is 14.7 Å². The molecule has 0 aromatic heterocycles. The molecule has 0 radical (unpaired) electrons. The van der Waals surface area contributed by atoms with Crippen molar-refractivity contribution in [1.82, 2.24) is 5.32 Å². The van der Waals surface area contributed by atoms with Gasteiger partial charge in [-0.25, -0.2) is 0 Å². The maximum Gasteiger partial charge on any atom is 0.227 e. The van der Waals surface area contributed by atoms with Gasteiger partial charge in [0.2, 0.25) is 11.8 Å². The maximum absolute atomic E-state index is 12.3. The van der Waals surface area contributed by atoms with Crippen molar-refractivity contribution in [3.63, 3.8) is 0 Å². The third-order valence-corrected chi connectivity index (χ3v) is 4.22. The largest absolute Gasteiger partial charge is 0.387 e. The summed E-state index contributed by atoms with van der Waals surface area (Å²) in [7, 11) is 0. The van der Waals surface area contributed by atoms with Gasteiger partial charge in [0.05, 0.1) is 12.0 Å². The molecular weight excluding hydrogens is 304 g/mol. The number of amides is 2. The molecular formula is C19H20N2O3. The number of aliphatic hydroxyl groups excluding tert-OH is 1. The fourth-order valence-corrected chi connectivity index (χ4v) is 2.88. The molecule has 5 heteroatoms. The standard InChI is InChI=1S/C19H20N2O3/c22-17(14-7-3-1-4-8-14)12-20-19(24)15-11-18(23)21(13-15)16-9-5-2-6-10-16/h1-10,15,17,22H,11-13H2,(H,20,24)/t15-,17-/m0/s1. The number of nitrogens with one attached hydrogen (secondary N) is 1.